The number of hydrogen-bond acceptors (Lipinski definition) is 4. The molecule has 1 aliphatic heterocycles. The SMILES string of the molecule is O=C1CC(c2ccc(OC(F)F)c3oc4ccccc4c23)CC(=O)N1. The molecular weight excluding hydrogens is 332 g/mol. The Morgan fingerprint density at radius 3 is 2.52 bits per heavy atom. The number of benzene rings is 2. The zero-order chi connectivity index (χ0) is 17.6. The number of rotatable bonds is 3. The van der Waals surface area contributed by atoms with Gasteiger partial charge in [-0.2, -0.15) is 8.78 Å². The summed E-state index contributed by atoms with van der Waals surface area (Å²) in [5, 5.41) is 3.60. The van der Waals surface area contributed by atoms with Crippen LogP contribution in [0.1, 0.15) is 24.3 Å². The third-order valence-corrected chi connectivity index (χ3v) is 4.32. The third kappa shape index (κ3) is 2.71. The Labute approximate surface area is 140 Å². The summed E-state index contributed by atoms with van der Waals surface area (Å²) >= 11 is 0. The van der Waals surface area contributed by atoms with E-state index in [9.17, 15) is 18.4 Å². The van der Waals surface area contributed by atoms with E-state index < -0.39 is 6.61 Å². The summed E-state index contributed by atoms with van der Waals surface area (Å²) in [7, 11) is 0. The summed E-state index contributed by atoms with van der Waals surface area (Å²) in [5.41, 5.74) is 1.43. The molecule has 1 saturated heterocycles. The van der Waals surface area contributed by atoms with Crippen LogP contribution < -0.4 is 10.1 Å². The van der Waals surface area contributed by atoms with Gasteiger partial charge >= 0.3 is 6.61 Å². The Hall–Kier alpha value is -2.96. The lowest BCUT2D eigenvalue weighted by molar-refractivity contribution is -0.133. The second kappa shape index (κ2) is 5.84. The predicted octanol–water partition coefficient (Wildman–Crippen LogP) is 3.71. The molecule has 0 saturated carbocycles. The summed E-state index contributed by atoms with van der Waals surface area (Å²) in [4.78, 5) is 23.5. The van der Waals surface area contributed by atoms with Gasteiger partial charge in [0.25, 0.3) is 0 Å². The normalized spacial score (nSPS) is 16.0. The van der Waals surface area contributed by atoms with Crippen molar-refractivity contribution in [1.29, 1.82) is 0 Å². The standard InChI is InChI=1S/C18H13F2NO4/c19-18(20)25-13-6-5-10(9-7-14(22)21-15(23)8-9)16-11-3-1-2-4-12(11)24-17(13)16/h1-6,9,18H,7-8H2,(H,21,22,23). The molecule has 2 amide bonds. The number of furan rings is 1. The Balaban J connectivity index is 1.95. The number of para-hydroxylation sites is 1. The second-order valence-corrected chi connectivity index (χ2v) is 5.91. The van der Waals surface area contributed by atoms with Crippen LogP contribution in [0.5, 0.6) is 5.75 Å². The molecule has 1 fully saturated rings. The number of hydrogen-bond donors (Lipinski definition) is 1. The fourth-order valence-electron chi connectivity index (χ4n) is 3.36. The van der Waals surface area contributed by atoms with Crippen molar-refractivity contribution in [3.63, 3.8) is 0 Å². The van der Waals surface area contributed by atoms with E-state index in [1.165, 1.54) is 6.07 Å². The largest absolute Gasteiger partial charge is 0.452 e. The minimum Gasteiger partial charge on any atom is -0.452 e. The Morgan fingerprint density at radius 1 is 1.08 bits per heavy atom. The molecule has 2 heterocycles. The highest BCUT2D eigenvalue weighted by molar-refractivity contribution is 6.09. The van der Waals surface area contributed by atoms with Crippen molar-refractivity contribution in [1.82, 2.24) is 5.32 Å². The highest BCUT2D eigenvalue weighted by Crippen LogP contribution is 2.42. The number of amides is 2. The highest BCUT2D eigenvalue weighted by Gasteiger charge is 2.29. The van der Waals surface area contributed by atoms with Crippen molar-refractivity contribution in [3.05, 3.63) is 42.0 Å². The van der Waals surface area contributed by atoms with E-state index in [1.807, 2.05) is 6.07 Å². The fourth-order valence-corrected chi connectivity index (χ4v) is 3.36. The van der Waals surface area contributed by atoms with Crippen molar-refractivity contribution in [2.75, 3.05) is 0 Å². The lowest BCUT2D eigenvalue weighted by Gasteiger charge is -2.22. The number of ether oxygens (including phenoxy) is 1. The van der Waals surface area contributed by atoms with E-state index in [0.717, 1.165) is 5.39 Å². The summed E-state index contributed by atoms with van der Waals surface area (Å²) in [6, 6.07) is 10.1. The van der Waals surface area contributed by atoms with Gasteiger partial charge in [-0.15, -0.1) is 0 Å². The Morgan fingerprint density at radius 2 is 1.80 bits per heavy atom. The summed E-state index contributed by atoms with van der Waals surface area (Å²) in [6.07, 6.45) is 0.296. The topological polar surface area (TPSA) is 68.5 Å². The van der Waals surface area contributed by atoms with Crippen LogP contribution in [0.15, 0.2) is 40.8 Å². The molecule has 0 radical (unpaired) electrons. The number of carbonyl (C=O) groups excluding carboxylic acids is 2. The van der Waals surface area contributed by atoms with Gasteiger partial charge in [0.05, 0.1) is 0 Å². The van der Waals surface area contributed by atoms with Crippen molar-refractivity contribution < 1.29 is 27.5 Å². The molecular formula is C18H13F2NO4. The third-order valence-electron chi connectivity index (χ3n) is 4.32. The number of piperidine rings is 1. The van der Waals surface area contributed by atoms with Crippen LogP contribution in [0.2, 0.25) is 0 Å². The Kier molecular flexibility index (Phi) is 3.63. The minimum atomic E-state index is -2.98. The molecule has 0 spiro atoms. The van der Waals surface area contributed by atoms with E-state index in [-0.39, 0.29) is 41.9 Å². The van der Waals surface area contributed by atoms with Crippen molar-refractivity contribution in [3.8, 4) is 5.75 Å². The highest BCUT2D eigenvalue weighted by atomic mass is 19.3. The van der Waals surface area contributed by atoms with Crippen LogP contribution in [0.4, 0.5) is 8.78 Å². The summed E-state index contributed by atoms with van der Waals surface area (Å²) in [5.74, 6) is -1.12. The van der Waals surface area contributed by atoms with E-state index in [4.69, 9.17) is 4.42 Å². The van der Waals surface area contributed by atoms with E-state index in [2.05, 4.69) is 10.1 Å². The summed E-state index contributed by atoms with van der Waals surface area (Å²) < 4.78 is 35.7. The number of nitrogens with one attached hydrogen (secondary N) is 1. The summed E-state index contributed by atoms with van der Waals surface area (Å²) in [6.45, 7) is -2.98. The van der Waals surface area contributed by atoms with Gasteiger partial charge in [-0.1, -0.05) is 24.3 Å². The fraction of sp³-hybridized carbons (Fsp3) is 0.222. The van der Waals surface area contributed by atoms with Gasteiger partial charge in [-0.25, -0.2) is 0 Å². The molecule has 5 nitrogen and oxygen atoms in total. The van der Waals surface area contributed by atoms with Gasteiger partial charge in [0.15, 0.2) is 11.3 Å². The first kappa shape index (κ1) is 15.6. The lowest BCUT2D eigenvalue weighted by Crippen LogP contribution is -2.37. The van der Waals surface area contributed by atoms with Gasteiger partial charge in [0.2, 0.25) is 11.8 Å². The average molecular weight is 345 g/mol. The van der Waals surface area contributed by atoms with Gasteiger partial charge < -0.3 is 9.15 Å². The smallest absolute Gasteiger partial charge is 0.387 e. The first-order valence-electron chi connectivity index (χ1n) is 7.74. The second-order valence-electron chi connectivity index (χ2n) is 5.91. The van der Waals surface area contributed by atoms with E-state index in [1.54, 1.807) is 24.3 Å². The van der Waals surface area contributed by atoms with Crippen LogP contribution in [0, 0.1) is 0 Å². The molecule has 1 aromatic heterocycles. The molecule has 4 rings (SSSR count). The van der Waals surface area contributed by atoms with Crippen molar-refractivity contribution in [2.45, 2.75) is 25.4 Å². The Bertz CT molecular complexity index is 979. The number of fused-ring (bicyclic) bond motifs is 3. The van der Waals surface area contributed by atoms with Gasteiger partial charge in [0, 0.05) is 29.5 Å². The van der Waals surface area contributed by atoms with Crippen LogP contribution in [-0.4, -0.2) is 18.4 Å². The quantitative estimate of drug-likeness (QED) is 0.735. The molecule has 2 aromatic carbocycles. The maximum absolute atomic E-state index is 12.7. The molecule has 0 bridgehead atoms. The molecule has 7 heteroatoms. The average Bonchev–Trinajstić information content (AvgIpc) is 2.94. The molecule has 0 atom stereocenters. The zero-order valence-electron chi connectivity index (χ0n) is 12.9. The number of carbonyl (C=O) groups is 2. The lowest BCUT2D eigenvalue weighted by atomic mass is 9.86. The predicted molar refractivity (Wildman–Crippen MR) is 85.5 cm³/mol. The molecule has 25 heavy (non-hydrogen) atoms. The van der Waals surface area contributed by atoms with Gasteiger partial charge in [-0.05, 0) is 17.7 Å². The van der Waals surface area contributed by atoms with E-state index in [0.29, 0.717) is 16.5 Å². The van der Waals surface area contributed by atoms with Crippen molar-refractivity contribution >= 4 is 33.8 Å². The number of imide groups is 1. The van der Waals surface area contributed by atoms with Crippen molar-refractivity contribution in [2.24, 2.45) is 0 Å². The van der Waals surface area contributed by atoms with Gasteiger partial charge in [0.1, 0.15) is 5.58 Å². The molecule has 0 unspecified atom stereocenters. The van der Waals surface area contributed by atoms with Crippen LogP contribution >= 0.6 is 0 Å². The zero-order valence-corrected chi connectivity index (χ0v) is 12.9. The molecule has 128 valence electrons. The molecule has 3 aromatic rings. The minimum absolute atomic E-state index is 0.0727. The van der Waals surface area contributed by atoms with Crippen LogP contribution in [0.25, 0.3) is 21.9 Å². The maximum atomic E-state index is 12.7. The molecule has 0 aliphatic carbocycles. The number of halogens is 2. The van der Waals surface area contributed by atoms with E-state index >= 15 is 0 Å². The van der Waals surface area contributed by atoms with Crippen LogP contribution in [0.3, 0.4) is 0 Å². The first-order valence-corrected chi connectivity index (χ1v) is 7.74. The van der Waals surface area contributed by atoms with Gasteiger partial charge in [-0.3, -0.25) is 14.9 Å². The monoisotopic (exact) mass is 345 g/mol. The van der Waals surface area contributed by atoms with Crippen LogP contribution in [-0.2, 0) is 9.59 Å². The first-order chi connectivity index (χ1) is 12.0. The molecule has 1 aliphatic rings. The number of alkyl halides is 2. The maximum Gasteiger partial charge on any atom is 0.387 e. The molecule has 1 N–H and O–H groups in total.